The van der Waals surface area contributed by atoms with E-state index in [1.54, 1.807) is 18.2 Å². The van der Waals surface area contributed by atoms with E-state index >= 15 is 0 Å². The number of halogens is 3. The zero-order valence-electron chi connectivity index (χ0n) is 11.2. The fourth-order valence-electron chi connectivity index (χ4n) is 2.78. The Kier molecular flexibility index (Phi) is 4.38. The molecule has 0 atom stereocenters. The van der Waals surface area contributed by atoms with E-state index in [0.29, 0.717) is 33.2 Å². The molecule has 2 aromatic rings. The van der Waals surface area contributed by atoms with Crippen LogP contribution in [0.15, 0.2) is 22.7 Å². The fourth-order valence-corrected chi connectivity index (χ4v) is 3.84. The predicted octanol–water partition coefficient (Wildman–Crippen LogP) is 5.45. The molecule has 110 valence electrons. The second-order valence-corrected chi connectivity index (χ2v) is 6.82. The van der Waals surface area contributed by atoms with Gasteiger partial charge in [0, 0.05) is 5.92 Å². The number of nitrogen functional groups attached to an aromatic ring is 1. The Morgan fingerprint density at radius 3 is 2.33 bits per heavy atom. The van der Waals surface area contributed by atoms with Crippen LogP contribution in [0, 0.1) is 0 Å². The summed E-state index contributed by atoms with van der Waals surface area (Å²) in [6.07, 6.45) is 4.71. The van der Waals surface area contributed by atoms with Crippen LogP contribution in [0.3, 0.4) is 0 Å². The average Bonchev–Trinajstić information content (AvgIpc) is 2.96. The lowest BCUT2D eigenvalue weighted by Gasteiger charge is -2.15. The minimum Gasteiger partial charge on any atom is -0.383 e. The van der Waals surface area contributed by atoms with Gasteiger partial charge in [-0.25, -0.2) is 9.97 Å². The lowest BCUT2D eigenvalue weighted by Crippen LogP contribution is -2.06. The Hall–Kier alpha value is -0.840. The summed E-state index contributed by atoms with van der Waals surface area (Å²) in [5, 5.41) is 1.06. The smallest absolute Gasteiger partial charge is 0.164 e. The number of benzene rings is 1. The molecule has 0 bridgehead atoms. The largest absolute Gasteiger partial charge is 0.383 e. The Morgan fingerprint density at radius 2 is 1.71 bits per heavy atom. The maximum atomic E-state index is 6.25. The van der Waals surface area contributed by atoms with Gasteiger partial charge >= 0.3 is 0 Å². The molecule has 21 heavy (non-hydrogen) atoms. The molecule has 0 unspecified atom stereocenters. The van der Waals surface area contributed by atoms with Crippen LogP contribution in [-0.2, 0) is 0 Å². The molecule has 0 aliphatic heterocycles. The minimum absolute atomic E-state index is 0.421. The number of aromatic nitrogens is 2. The predicted molar refractivity (Wildman–Crippen MR) is 90.8 cm³/mol. The third-order valence-electron chi connectivity index (χ3n) is 3.83. The highest BCUT2D eigenvalue weighted by molar-refractivity contribution is 9.10. The Bertz CT molecular complexity index is 665. The van der Waals surface area contributed by atoms with Crippen LogP contribution in [-0.4, -0.2) is 9.97 Å². The maximum absolute atomic E-state index is 6.25. The SMILES string of the molecule is Nc1nc(-c2c(Cl)cccc2Cl)nc(C2CCCC2)c1Br. The summed E-state index contributed by atoms with van der Waals surface area (Å²) >= 11 is 16.0. The third-order valence-corrected chi connectivity index (χ3v) is 5.27. The van der Waals surface area contributed by atoms with Crippen molar-refractivity contribution in [3.8, 4) is 11.4 Å². The molecule has 1 aromatic carbocycles. The third kappa shape index (κ3) is 2.89. The molecule has 3 rings (SSSR count). The van der Waals surface area contributed by atoms with Crippen molar-refractivity contribution < 1.29 is 0 Å². The van der Waals surface area contributed by atoms with Gasteiger partial charge in [0.25, 0.3) is 0 Å². The van der Waals surface area contributed by atoms with Gasteiger partial charge in [0.05, 0.1) is 25.8 Å². The topological polar surface area (TPSA) is 51.8 Å². The summed E-state index contributed by atoms with van der Waals surface area (Å²) in [5.41, 5.74) is 7.64. The second-order valence-electron chi connectivity index (χ2n) is 5.21. The van der Waals surface area contributed by atoms with Gasteiger partial charge in [-0.2, -0.15) is 0 Å². The lowest BCUT2D eigenvalue weighted by molar-refractivity contribution is 0.691. The van der Waals surface area contributed by atoms with Gasteiger partial charge in [-0.3, -0.25) is 0 Å². The zero-order valence-corrected chi connectivity index (χ0v) is 14.3. The van der Waals surface area contributed by atoms with Crippen molar-refractivity contribution in [3.05, 3.63) is 38.4 Å². The van der Waals surface area contributed by atoms with Crippen molar-refractivity contribution >= 4 is 44.9 Å². The molecule has 2 N–H and O–H groups in total. The summed E-state index contributed by atoms with van der Waals surface area (Å²) in [6, 6.07) is 5.35. The standard InChI is InChI=1S/C15H14BrCl2N3/c16-12-13(8-4-1-2-5-8)20-15(21-14(12)19)11-9(17)6-3-7-10(11)18/h3,6-8H,1-2,4-5H2,(H2,19,20,21). The number of hydrogen-bond donors (Lipinski definition) is 1. The van der Waals surface area contributed by atoms with Crippen molar-refractivity contribution in [1.29, 1.82) is 0 Å². The molecule has 1 aliphatic carbocycles. The highest BCUT2D eigenvalue weighted by Gasteiger charge is 2.24. The minimum atomic E-state index is 0.421. The van der Waals surface area contributed by atoms with Crippen LogP contribution in [0.5, 0.6) is 0 Å². The van der Waals surface area contributed by atoms with E-state index in [0.717, 1.165) is 23.0 Å². The summed E-state index contributed by atoms with van der Waals surface area (Å²) < 4.78 is 0.793. The van der Waals surface area contributed by atoms with Gasteiger partial charge in [-0.05, 0) is 40.9 Å². The average molecular weight is 387 g/mol. The first-order valence-corrected chi connectivity index (χ1v) is 8.40. The van der Waals surface area contributed by atoms with Crippen molar-refractivity contribution in [2.75, 3.05) is 5.73 Å². The summed E-state index contributed by atoms with van der Waals surface area (Å²) in [4.78, 5) is 9.05. The monoisotopic (exact) mass is 385 g/mol. The van der Waals surface area contributed by atoms with Gasteiger partial charge in [0.1, 0.15) is 5.82 Å². The Balaban J connectivity index is 2.16. The van der Waals surface area contributed by atoms with Crippen molar-refractivity contribution in [2.45, 2.75) is 31.6 Å². The molecule has 1 fully saturated rings. The van der Waals surface area contributed by atoms with Gasteiger partial charge in [-0.1, -0.05) is 42.1 Å². The number of nitrogens with two attached hydrogens (primary N) is 1. The van der Waals surface area contributed by atoms with Gasteiger partial charge in [-0.15, -0.1) is 0 Å². The van der Waals surface area contributed by atoms with Crippen LogP contribution >= 0.6 is 39.1 Å². The molecule has 1 saturated carbocycles. The van der Waals surface area contributed by atoms with Crippen LogP contribution in [0.4, 0.5) is 5.82 Å². The molecule has 0 saturated heterocycles. The number of anilines is 1. The molecular formula is C15H14BrCl2N3. The Labute approximate surface area is 142 Å². The van der Waals surface area contributed by atoms with Crippen LogP contribution in [0.2, 0.25) is 10.0 Å². The first-order chi connectivity index (χ1) is 10.1. The van der Waals surface area contributed by atoms with E-state index in [1.165, 1.54) is 12.8 Å². The molecule has 1 aromatic heterocycles. The molecule has 0 amide bonds. The van der Waals surface area contributed by atoms with Crippen LogP contribution in [0.25, 0.3) is 11.4 Å². The quantitative estimate of drug-likeness (QED) is 0.746. The molecule has 6 heteroatoms. The van der Waals surface area contributed by atoms with E-state index < -0.39 is 0 Å². The highest BCUT2D eigenvalue weighted by atomic mass is 79.9. The van der Waals surface area contributed by atoms with Crippen LogP contribution < -0.4 is 5.73 Å². The summed E-state index contributed by atoms with van der Waals surface area (Å²) in [5.74, 6) is 1.34. The zero-order chi connectivity index (χ0) is 15.0. The van der Waals surface area contributed by atoms with Crippen molar-refractivity contribution in [1.82, 2.24) is 9.97 Å². The number of rotatable bonds is 2. The van der Waals surface area contributed by atoms with E-state index in [1.807, 2.05) is 0 Å². The van der Waals surface area contributed by atoms with E-state index in [9.17, 15) is 0 Å². The molecule has 1 heterocycles. The maximum Gasteiger partial charge on any atom is 0.164 e. The van der Waals surface area contributed by atoms with Crippen LogP contribution in [0.1, 0.15) is 37.3 Å². The Morgan fingerprint density at radius 1 is 1.10 bits per heavy atom. The number of hydrogen-bond acceptors (Lipinski definition) is 3. The first kappa shape index (κ1) is 15.1. The normalized spacial score (nSPS) is 15.6. The molecule has 0 spiro atoms. The molecule has 3 nitrogen and oxygen atoms in total. The highest BCUT2D eigenvalue weighted by Crippen LogP contribution is 2.40. The number of nitrogens with zero attached hydrogens (tertiary/aromatic N) is 2. The van der Waals surface area contributed by atoms with Gasteiger partial charge in [0.15, 0.2) is 5.82 Å². The van der Waals surface area contributed by atoms with Crippen molar-refractivity contribution in [3.63, 3.8) is 0 Å². The van der Waals surface area contributed by atoms with Gasteiger partial charge < -0.3 is 5.73 Å². The summed E-state index contributed by atoms with van der Waals surface area (Å²) in [7, 11) is 0. The first-order valence-electron chi connectivity index (χ1n) is 6.85. The van der Waals surface area contributed by atoms with Gasteiger partial charge in [0.2, 0.25) is 0 Å². The van der Waals surface area contributed by atoms with Crippen molar-refractivity contribution in [2.24, 2.45) is 0 Å². The van der Waals surface area contributed by atoms with E-state index in [4.69, 9.17) is 33.9 Å². The second kappa shape index (κ2) is 6.11. The van der Waals surface area contributed by atoms with E-state index in [-0.39, 0.29) is 0 Å². The van der Waals surface area contributed by atoms with E-state index in [2.05, 4.69) is 20.9 Å². The lowest BCUT2D eigenvalue weighted by atomic mass is 10.0. The molecule has 0 radical (unpaired) electrons. The molecular weight excluding hydrogens is 373 g/mol. The summed E-state index contributed by atoms with van der Waals surface area (Å²) in [6.45, 7) is 0. The fraction of sp³-hybridized carbons (Fsp3) is 0.333. The molecule has 1 aliphatic rings.